The zero-order valence-electron chi connectivity index (χ0n) is 13.3. The third-order valence-electron chi connectivity index (χ3n) is 3.26. The van der Waals surface area contributed by atoms with Crippen LogP contribution in [-0.2, 0) is 4.79 Å². The SMILES string of the molecule is C/C(=N\NC(=O)C(C)Oc1ccc(C#N)cc1)c1ccccc1Br. The highest BCUT2D eigenvalue weighted by Crippen LogP contribution is 2.16. The number of nitrogens with one attached hydrogen (secondary N) is 1. The van der Waals surface area contributed by atoms with Gasteiger partial charge in [0.25, 0.3) is 5.91 Å². The Labute approximate surface area is 149 Å². The van der Waals surface area contributed by atoms with Gasteiger partial charge in [0, 0.05) is 10.0 Å². The summed E-state index contributed by atoms with van der Waals surface area (Å²) in [5, 5.41) is 12.9. The highest BCUT2D eigenvalue weighted by molar-refractivity contribution is 9.10. The van der Waals surface area contributed by atoms with Gasteiger partial charge in [0.05, 0.1) is 17.3 Å². The number of hydrazone groups is 1. The number of halogens is 1. The molecule has 24 heavy (non-hydrogen) atoms. The fourth-order valence-corrected chi connectivity index (χ4v) is 2.48. The van der Waals surface area contributed by atoms with E-state index in [0.29, 0.717) is 17.0 Å². The van der Waals surface area contributed by atoms with Gasteiger partial charge in [-0.25, -0.2) is 5.43 Å². The number of ether oxygens (including phenoxy) is 1. The molecule has 2 aromatic carbocycles. The Bertz CT molecular complexity index is 795. The molecule has 2 aromatic rings. The fraction of sp³-hybridized carbons (Fsp3) is 0.167. The van der Waals surface area contributed by atoms with Crippen molar-refractivity contribution in [2.45, 2.75) is 20.0 Å². The number of nitrogens with zero attached hydrogens (tertiary/aromatic N) is 2. The molecule has 0 bridgehead atoms. The topological polar surface area (TPSA) is 74.5 Å². The van der Waals surface area contributed by atoms with E-state index < -0.39 is 6.10 Å². The summed E-state index contributed by atoms with van der Waals surface area (Å²) in [5.74, 6) is 0.161. The predicted molar refractivity (Wildman–Crippen MR) is 95.7 cm³/mol. The molecule has 0 heterocycles. The second-order valence-electron chi connectivity index (χ2n) is 5.05. The van der Waals surface area contributed by atoms with Crippen LogP contribution in [0.3, 0.4) is 0 Å². The van der Waals surface area contributed by atoms with Crippen molar-refractivity contribution in [3.05, 3.63) is 64.1 Å². The maximum absolute atomic E-state index is 12.1. The molecule has 2 rings (SSSR count). The van der Waals surface area contributed by atoms with E-state index in [1.165, 1.54) is 0 Å². The lowest BCUT2D eigenvalue weighted by Gasteiger charge is -2.13. The summed E-state index contributed by atoms with van der Waals surface area (Å²) >= 11 is 3.45. The lowest BCUT2D eigenvalue weighted by molar-refractivity contribution is -0.127. The monoisotopic (exact) mass is 385 g/mol. The Morgan fingerprint density at radius 1 is 1.25 bits per heavy atom. The summed E-state index contributed by atoms with van der Waals surface area (Å²) in [5.41, 5.74) is 4.62. The van der Waals surface area contributed by atoms with Crippen molar-refractivity contribution in [3.63, 3.8) is 0 Å². The van der Waals surface area contributed by atoms with E-state index in [4.69, 9.17) is 10.00 Å². The Hall–Kier alpha value is -2.65. The molecule has 6 heteroatoms. The van der Waals surface area contributed by atoms with Crippen LogP contribution in [0.15, 0.2) is 58.1 Å². The first-order chi connectivity index (χ1) is 11.5. The normalized spacial score (nSPS) is 12.2. The van der Waals surface area contributed by atoms with Gasteiger partial charge in [-0.15, -0.1) is 0 Å². The zero-order valence-corrected chi connectivity index (χ0v) is 14.9. The summed E-state index contributed by atoms with van der Waals surface area (Å²) < 4.78 is 6.44. The molecular weight excluding hydrogens is 370 g/mol. The molecule has 0 saturated carbocycles. The van der Waals surface area contributed by atoms with Crippen LogP contribution in [-0.4, -0.2) is 17.7 Å². The molecular formula is C18H16BrN3O2. The first kappa shape index (κ1) is 17.7. The number of carbonyl (C=O) groups excluding carboxylic acids is 1. The highest BCUT2D eigenvalue weighted by Gasteiger charge is 2.14. The first-order valence-corrected chi connectivity index (χ1v) is 8.06. The lowest BCUT2D eigenvalue weighted by Crippen LogP contribution is -2.33. The van der Waals surface area contributed by atoms with Crippen molar-refractivity contribution in [3.8, 4) is 11.8 Å². The second-order valence-corrected chi connectivity index (χ2v) is 5.90. The molecule has 0 fully saturated rings. The molecule has 0 aliphatic carbocycles. The Morgan fingerprint density at radius 2 is 1.92 bits per heavy atom. The number of rotatable bonds is 5. The number of benzene rings is 2. The summed E-state index contributed by atoms with van der Waals surface area (Å²) in [4.78, 5) is 12.1. The third kappa shape index (κ3) is 4.67. The average molecular weight is 386 g/mol. The van der Waals surface area contributed by atoms with Crippen LogP contribution in [0.25, 0.3) is 0 Å². The van der Waals surface area contributed by atoms with Gasteiger partial charge in [0.15, 0.2) is 6.10 Å². The molecule has 0 aliphatic heterocycles. The van der Waals surface area contributed by atoms with Crippen LogP contribution in [0.2, 0.25) is 0 Å². The summed E-state index contributed by atoms with van der Waals surface area (Å²) in [6.45, 7) is 3.45. The average Bonchev–Trinajstić information content (AvgIpc) is 2.60. The van der Waals surface area contributed by atoms with Gasteiger partial charge in [-0.3, -0.25) is 4.79 Å². The van der Waals surface area contributed by atoms with E-state index in [2.05, 4.69) is 26.5 Å². The maximum Gasteiger partial charge on any atom is 0.280 e. The summed E-state index contributed by atoms with van der Waals surface area (Å²) in [6.07, 6.45) is -0.714. The Morgan fingerprint density at radius 3 is 2.54 bits per heavy atom. The van der Waals surface area contributed by atoms with Crippen molar-refractivity contribution >= 4 is 27.5 Å². The predicted octanol–water partition coefficient (Wildman–Crippen LogP) is 3.63. The van der Waals surface area contributed by atoms with Crippen molar-refractivity contribution in [2.24, 2.45) is 5.10 Å². The van der Waals surface area contributed by atoms with E-state index in [-0.39, 0.29) is 5.91 Å². The number of hydrogen-bond acceptors (Lipinski definition) is 4. The van der Waals surface area contributed by atoms with Crippen molar-refractivity contribution < 1.29 is 9.53 Å². The lowest BCUT2D eigenvalue weighted by atomic mass is 10.1. The second kappa shape index (κ2) is 8.27. The molecule has 0 radical (unpaired) electrons. The summed E-state index contributed by atoms with van der Waals surface area (Å²) in [7, 11) is 0. The van der Waals surface area contributed by atoms with Gasteiger partial charge in [-0.2, -0.15) is 10.4 Å². The smallest absolute Gasteiger partial charge is 0.280 e. The van der Waals surface area contributed by atoms with Crippen molar-refractivity contribution in [1.29, 1.82) is 5.26 Å². The van der Waals surface area contributed by atoms with E-state index >= 15 is 0 Å². The van der Waals surface area contributed by atoms with Crippen LogP contribution in [0.5, 0.6) is 5.75 Å². The van der Waals surface area contributed by atoms with Gasteiger partial charge >= 0.3 is 0 Å². The number of carbonyl (C=O) groups is 1. The van der Waals surface area contributed by atoms with Gasteiger partial charge in [0.2, 0.25) is 0 Å². The largest absolute Gasteiger partial charge is 0.481 e. The molecule has 0 aliphatic rings. The number of hydrogen-bond donors (Lipinski definition) is 1. The molecule has 122 valence electrons. The van der Waals surface area contributed by atoms with Gasteiger partial charge in [0.1, 0.15) is 5.75 Å². The minimum absolute atomic E-state index is 0.356. The highest BCUT2D eigenvalue weighted by atomic mass is 79.9. The molecule has 5 nitrogen and oxygen atoms in total. The van der Waals surface area contributed by atoms with Crippen LogP contribution in [0.1, 0.15) is 25.0 Å². The van der Waals surface area contributed by atoms with Gasteiger partial charge in [-0.1, -0.05) is 34.1 Å². The quantitative estimate of drug-likeness (QED) is 0.630. The summed E-state index contributed by atoms with van der Waals surface area (Å²) in [6, 6.07) is 16.2. The molecule has 1 amide bonds. The fourth-order valence-electron chi connectivity index (χ4n) is 1.91. The van der Waals surface area contributed by atoms with Gasteiger partial charge < -0.3 is 4.74 Å². The van der Waals surface area contributed by atoms with Crippen LogP contribution >= 0.6 is 15.9 Å². The van der Waals surface area contributed by atoms with E-state index in [1.807, 2.05) is 37.3 Å². The van der Waals surface area contributed by atoms with Crippen LogP contribution < -0.4 is 10.2 Å². The minimum Gasteiger partial charge on any atom is -0.481 e. The zero-order chi connectivity index (χ0) is 17.5. The minimum atomic E-state index is -0.714. The van der Waals surface area contributed by atoms with E-state index in [9.17, 15) is 4.79 Å². The molecule has 0 saturated heterocycles. The van der Waals surface area contributed by atoms with Crippen LogP contribution in [0.4, 0.5) is 0 Å². The molecule has 1 N–H and O–H groups in total. The Kier molecular flexibility index (Phi) is 6.10. The van der Waals surface area contributed by atoms with Gasteiger partial charge in [-0.05, 0) is 44.2 Å². The molecule has 1 unspecified atom stereocenters. The number of amides is 1. The third-order valence-corrected chi connectivity index (χ3v) is 3.95. The maximum atomic E-state index is 12.1. The van der Waals surface area contributed by atoms with Crippen molar-refractivity contribution in [2.75, 3.05) is 0 Å². The number of nitriles is 1. The Balaban J connectivity index is 1.97. The van der Waals surface area contributed by atoms with Crippen LogP contribution in [0, 0.1) is 11.3 Å². The molecule has 0 aromatic heterocycles. The van der Waals surface area contributed by atoms with E-state index in [1.54, 1.807) is 31.2 Å². The molecule has 0 spiro atoms. The molecule has 1 atom stereocenters. The van der Waals surface area contributed by atoms with Crippen molar-refractivity contribution in [1.82, 2.24) is 5.43 Å². The standard InChI is InChI=1S/C18H16BrN3O2/c1-12(16-5-3-4-6-17(16)19)21-22-18(23)13(2)24-15-9-7-14(11-20)8-10-15/h3-10,13H,1-2H3,(H,22,23)/b21-12+. The first-order valence-electron chi connectivity index (χ1n) is 7.27. The van der Waals surface area contributed by atoms with E-state index in [0.717, 1.165) is 10.0 Å².